The minimum absolute atomic E-state index is 0.396. The van der Waals surface area contributed by atoms with Crippen molar-refractivity contribution in [1.82, 2.24) is 9.80 Å². The maximum absolute atomic E-state index is 5.76. The molecular formula is C16H35N3. The molecule has 0 amide bonds. The van der Waals surface area contributed by atoms with Crippen molar-refractivity contribution >= 4 is 0 Å². The molecule has 0 bridgehead atoms. The fourth-order valence-corrected chi connectivity index (χ4v) is 3.26. The van der Waals surface area contributed by atoms with E-state index in [4.69, 9.17) is 5.73 Å². The molecular weight excluding hydrogens is 234 g/mol. The van der Waals surface area contributed by atoms with Gasteiger partial charge in [-0.25, -0.2) is 0 Å². The molecule has 3 nitrogen and oxygen atoms in total. The molecule has 2 unspecified atom stereocenters. The summed E-state index contributed by atoms with van der Waals surface area (Å²) in [4.78, 5) is 5.09. The van der Waals surface area contributed by atoms with Crippen LogP contribution in [-0.2, 0) is 0 Å². The minimum atomic E-state index is 0.396. The lowest BCUT2D eigenvalue weighted by Gasteiger charge is -2.39. The summed E-state index contributed by atoms with van der Waals surface area (Å²) in [5.74, 6) is 0.764. The van der Waals surface area contributed by atoms with Crippen molar-refractivity contribution in [3.8, 4) is 0 Å². The third kappa shape index (κ3) is 5.80. The van der Waals surface area contributed by atoms with Crippen LogP contribution in [0, 0.1) is 11.3 Å². The Morgan fingerprint density at radius 2 is 1.89 bits per heavy atom. The Hall–Kier alpha value is -0.120. The van der Waals surface area contributed by atoms with Crippen LogP contribution in [0.1, 0.15) is 47.0 Å². The zero-order chi connectivity index (χ0) is 14.5. The molecule has 1 aliphatic rings. The highest BCUT2D eigenvalue weighted by molar-refractivity contribution is 4.79. The average molecular weight is 269 g/mol. The van der Waals surface area contributed by atoms with Crippen LogP contribution in [0.3, 0.4) is 0 Å². The quantitative estimate of drug-likeness (QED) is 0.804. The van der Waals surface area contributed by atoms with Crippen molar-refractivity contribution in [3.63, 3.8) is 0 Å². The zero-order valence-corrected chi connectivity index (χ0v) is 13.8. The number of likely N-dealkylation sites (N-methyl/N-ethyl adjacent to an activating group) is 1. The molecule has 1 rings (SSSR count). The first-order valence-electron chi connectivity index (χ1n) is 7.97. The monoisotopic (exact) mass is 269 g/mol. The summed E-state index contributed by atoms with van der Waals surface area (Å²) < 4.78 is 0. The summed E-state index contributed by atoms with van der Waals surface area (Å²) in [6.07, 6.45) is 3.80. The Balaban J connectivity index is 2.32. The highest BCUT2D eigenvalue weighted by Gasteiger charge is 2.25. The molecule has 1 aliphatic heterocycles. The lowest BCUT2D eigenvalue weighted by molar-refractivity contribution is 0.0936. The second-order valence-corrected chi connectivity index (χ2v) is 7.43. The summed E-state index contributed by atoms with van der Waals surface area (Å²) in [5.41, 5.74) is 6.16. The van der Waals surface area contributed by atoms with Crippen LogP contribution in [0.15, 0.2) is 0 Å². The van der Waals surface area contributed by atoms with Gasteiger partial charge in [0.25, 0.3) is 0 Å². The van der Waals surface area contributed by atoms with Crippen LogP contribution in [0.2, 0.25) is 0 Å². The van der Waals surface area contributed by atoms with E-state index in [0.29, 0.717) is 11.5 Å². The first kappa shape index (κ1) is 16.9. The van der Waals surface area contributed by atoms with E-state index >= 15 is 0 Å². The fraction of sp³-hybridized carbons (Fsp3) is 1.00. The van der Waals surface area contributed by atoms with E-state index in [-0.39, 0.29) is 0 Å². The number of nitrogens with two attached hydrogens (primary N) is 1. The number of rotatable bonds is 6. The molecule has 0 aromatic heterocycles. The molecule has 3 heteroatoms. The van der Waals surface area contributed by atoms with E-state index in [0.717, 1.165) is 12.5 Å². The van der Waals surface area contributed by atoms with Crippen molar-refractivity contribution in [3.05, 3.63) is 0 Å². The molecule has 1 heterocycles. The van der Waals surface area contributed by atoms with Crippen molar-refractivity contribution in [1.29, 1.82) is 0 Å². The number of nitrogens with zero attached hydrogens (tertiary/aromatic N) is 2. The highest BCUT2D eigenvalue weighted by atomic mass is 15.3. The summed E-state index contributed by atoms with van der Waals surface area (Å²) in [7, 11) is 2.23. The van der Waals surface area contributed by atoms with Gasteiger partial charge >= 0.3 is 0 Å². The maximum Gasteiger partial charge on any atom is 0.0195 e. The standard InChI is InChI=1S/C16H35N3/c1-14-13-18(5)11-12-19(14)10-6-7-15(8-9-17)16(2,3)4/h14-15H,6-13,17H2,1-5H3. The van der Waals surface area contributed by atoms with Gasteiger partial charge in [0.05, 0.1) is 0 Å². The van der Waals surface area contributed by atoms with Crippen molar-refractivity contribution in [2.75, 3.05) is 39.8 Å². The van der Waals surface area contributed by atoms with Crippen LogP contribution in [0.25, 0.3) is 0 Å². The largest absolute Gasteiger partial charge is 0.330 e. The molecule has 0 spiro atoms. The number of hydrogen-bond acceptors (Lipinski definition) is 3. The molecule has 1 fully saturated rings. The van der Waals surface area contributed by atoms with Gasteiger partial charge in [-0.1, -0.05) is 20.8 Å². The zero-order valence-electron chi connectivity index (χ0n) is 13.8. The molecule has 0 aromatic carbocycles. The van der Waals surface area contributed by atoms with Crippen LogP contribution in [-0.4, -0.2) is 55.6 Å². The van der Waals surface area contributed by atoms with Crippen molar-refractivity contribution in [2.24, 2.45) is 17.1 Å². The summed E-state index contributed by atoms with van der Waals surface area (Å²) in [6, 6.07) is 0.710. The summed E-state index contributed by atoms with van der Waals surface area (Å²) >= 11 is 0. The predicted octanol–water partition coefficient (Wildman–Crippen LogP) is 2.41. The molecule has 0 saturated carbocycles. The lowest BCUT2D eigenvalue weighted by Crippen LogP contribution is -2.50. The molecule has 0 aliphatic carbocycles. The second kappa shape index (κ2) is 7.61. The molecule has 114 valence electrons. The van der Waals surface area contributed by atoms with Crippen LogP contribution in [0.5, 0.6) is 0 Å². The Morgan fingerprint density at radius 1 is 1.21 bits per heavy atom. The molecule has 1 saturated heterocycles. The van der Waals surface area contributed by atoms with E-state index in [1.165, 1.54) is 45.4 Å². The Labute approximate surface area is 120 Å². The van der Waals surface area contributed by atoms with E-state index in [1.807, 2.05) is 0 Å². The third-order valence-corrected chi connectivity index (χ3v) is 4.71. The second-order valence-electron chi connectivity index (χ2n) is 7.43. The van der Waals surface area contributed by atoms with E-state index in [9.17, 15) is 0 Å². The van der Waals surface area contributed by atoms with Gasteiger partial charge in [0, 0.05) is 25.7 Å². The number of piperazine rings is 1. The van der Waals surface area contributed by atoms with Crippen LogP contribution >= 0.6 is 0 Å². The Morgan fingerprint density at radius 3 is 2.42 bits per heavy atom. The van der Waals surface area contributed by atoms with E-state index in [1.54, 1.807) is 0 Å². The molecule has 2 atom stereocenters. The normalized spacial score (nSPS) is 24.6. The molecule has 19 heavy (non-hydrogen) atoms. The van der Waals surface area contributed by atoms with Crippen LogP contribution in [0.4, 0.5) is 0 Å². The smallest absolute Gasteiger partial charge is 0.0195 e. The summed E-state index contributed by atoms with van der Waals surface area (Å²) in [6.45, 7) is 15.2. The Kier molecular flexibility index (Phi) is 6.78. The topological polar surface area (TPSA) is 32.5 Å². The highest BCUT2D eigenvalue weighted by Crippen LogP contribution is 2.32. The Bertz CT molecular complexity index is 247. The van der Waals surface area contributed by atoms with E-state index in [2.05, 4.69) is 44.5 Å². The minimum Gasteiger partial charge on any atom is -0.330 e. The van der Waals surface area contributed by atoms with Gasteiger partial charge < -0.3 is 10.6 Å². The fourth-order valence-electron chi connectivity index (χ4n) is 3.26. The van der Waals surface area contributed by atoms with Crippen LogP contribution < -0.4 is 5.73 Å². The van der Waals surface area contributed by atoms with Gasteiger partial charge in [0.1, 0.15) is 0 Å². The lowest BCUT2D eigenvalue weighted by atomic mass is 9.76. The molecule has 2 N–H and O–H groups in total. The average Bonchev–Trinajstić information content (AvgIpc) is 2.29. The maximum atomic E-state index is 5.76. The molecule has 0 radical (unpaired) electrons. The number of hydrogen-bond donors (Lipinski definition) is 1. The van der Waals surface area contributed by atoms with Gasteiger partial charge in [0.2, 0.25) is 0 Å². The first-order chi connectivity index (χ1) is 8.84. The van der Waals surface area contributed by atoms with Gasteiger partial charge in [-0.15, -0.1) is 0 Å². The SMILES string of the molecule is CC1CN(C)CCN1CCCC(CCN)C(C)(C)C. The first-order valence-corrected chi connectivity index (χ1v) is 7.97. The summed E-state index contributed by atoms with van der Waals surface area (Å²) in [5, 5.41) is 0. The van der Waals surface area contributed by atoms with Crippen molar-refractivity contribution < 1.29 is 0 Å². The van der Waals surface area contributed by atoms with Crippen molar-refractivity contribution in [2.45, 2.75) is 53.0 Å². The third-order valence-electron chi connectivity index (χ3n) is 4.71. The predicted molar refractivity (Wildman–Crippen MR) is 84.4 cm³/mol. The molecule has 0 aromatic rings. The van der Waals surface area contributed by atoms with Gasteiger partial charge in [-0.2, -0.15) is 0 Å². The van der Waals surface area contributed by atoms with Gasteiger partial charge in [-0.3, -0.25) is 4.90 Å². The van der Waals surface area contributed by atoms with Gasteiger partial charge in [-0.05, 0) is 57.7 Å². The van der Waals surface area contributed by atoms with Gasteiger partial charge in [0.15, 0.2) is 0 Å². The van der Waals surface area contributed by atoms with E-state index < -0.39 is 0 Å².